The van der Waals surface area contributed by atoms with Crippen LogP contribution in [0.1, 0.15) is 31.7 Å². The Hall–Kier alpha value is -2.63. The minimum Gasteiger partial charge on any atom is -0.352 e. The maximum atomic E-state index is 12.1. The van der Waals surface area contributed by atoms with E-state index in [2.05, 4.69) is 38.3 Å². The van der Waals surface area contributed by atoms with Gasteiger partial charge in [0.25, 0.3) is 0 Å². The summed E-state index contributed by atoms with van der Waals surface area (Å²) in [7, 11) is 0. The van der Waals surface area contributed by atoms with Gasteiger partial charge in [-0.2, -0.15) is 5.10 Å². The smallest absolute Gasteiger partial charge is 0.241 e. The number of pyridine rings is 1. The van der Waals surface area contributed by atoms with E-state index in [1.54, 1.807) is 17.1 Å². The van der Waals surface area contributed by atoms with Gasteiger partial charge in [0.15, 0.2) is 0 Å². The van der Waals surface area contributed by atoms with E-state index in [1.165, 1.54) is 5.39 Å². The number of nitrogens with zero attached hydrogens (tertiary/aromatic N) is 4. The second-order valence-electron chi connectivity index (χ2n) is 6.42. The van der Waals surface area contributed by atoms with Crippen molar-refractivity contribution in [2.45, 2.75) is 44.3 Å². The molecule has 3 heterocycles. The van der Waals surface area contributed by atoms with E-state index in [0.717, 1.165) is 31.3 Å². The predicted octanol–water partition coefficient (Wildman–Crippen LogP) is 2.53. The Kier molecular flexibility index (Phi) is 4.02. The van der Waals surface area contributed by atoms with Crippen molar-refractivity contribution in [3.63, 3.8) is 0 Å². The lowest BCUT2D eigenvalue weighted by Crippen LogP contribution is -2.39. The van der Waals surface area contributed by atoms with Crippen LogP contribution in [-0.2, 0) is 11.3 Å². The van der Waals surface area contributed by atoms with E-state index in [-0.39, 0.29) is 11.9 Å². The van der Waals surface area contributed by atoms with Gasteiger partial charge in [0.05, 0.1) is 0 Å². The molecule has 0 unspecified atom stereocenters. The Morgan fingerprint density at radius 1 is 1.12 bits per heavy atom. The van der Waals surface area contributed by atoms with Gasteiger partial charge in [0.2, 0.25) is 5.91 Å². The highest BCUT2D eigenvalue weighted by Crippen LogP contribution is 2.31. The van der Waals surface area contributed by atoms with Crippen LogP contribution in [0.3, 0.4) is 0 Å². The Balaban J connectivity index is 1.34. The van der Waals surface area contributed by atoms with E-state index in [4.69, 9.17) is 0 Å². The minimum absolute atomic E-state index is 0.0373. The van der Waals surface area contributed by atoms with Crippen molar-refractivity contribution in [3.8, 4) is 0 Å². The number of aromatic nitrogens is 4. The van der Waals surface area contributed by atoms with E-state index < -0.39 is 0 Å². The zero-order valence-corrected chi connectivity index (χ0v) is 13.5. The summed E-state index contributed by atoms with van der Waals surface area (Å²) in [5.74, 6) is 0.0373. The van der Waals surface area contributed by atoms with Crippen molar-refractivity contribution in [3.05, 3.63) is 49.1 Å². The number of rotatable bonds is 4. The van der Waals surface area contributed by atoms with Crippen molar-refractivity contribution in [1.82, 2.24) is 24.6 Å². The fraction of sp³-hybridized carbons (Fsp3) is 0.389. The van der Waals surface area contributed by atoms with Crippen molar-refractivity contribution in [1.29, 1.82) is 0 Å². The van der Waals surface area contributed by atoms with Crippen molar-refractivity contribution in [2.24, 2.45) is 0 Å². The molecule has 24 heavy (non-hydrogen) atoms. The van der Waals surface area contributed by atoms with Gasteiger partial charge in [-0.25, -0.2) is 4.98 Å². The fourth-order valence-corrected chi connectivity index (χ4v) is 3.59. The normalized spacial score (nSPS) is 21.0. The molecule has 4 rings (SSSR count). The van der Waals surface area contributed by atoms with Crippen LogP contribution < -0.4 is 5.32 Å². The van der Waals surface area contributed by atoms with Gasteiger partial charge in [0, 0.05) is 42.3 Å². The van der Waals surface area contributed by atoms with Gasteiger partial charge >= 0.3 is 0 Å². The standard InChI is InChI=1S/C18H21N5O/c24-17(13-22-11-2-10-20-22)21-15-4-6-16(7-5-15)23-12-8-14-3-1-9-19-18(14)23/h1-3,8-12,15-16H,4-7,13H2,(H,21,24). The van der Waals surface area contributed by atoms with Gasteiger partial charge in [-0.3, -0.25) is 9.48 Å². The van der Waals surface area contributed by atoms with Crippen LogP contribution in [0.25, 0.3) is 11.0 Å². The zero-order chi connectivity index (χ0) is 16.4. The van der Waals surface area contributed by atoms with Crippen molar-refractivity contribution in [2.75, 3.05) is 0 Å². The molecule has 1 amide bonds. The molecule has 0 atom stereocenters. The summed E-state index contributed by atoms with van der Waals surface area (Å²) in [5, 5.41) is 8.39. The predicted molar refractivity (Wildman–Crippen MR) is 91.4 cm³/mol. The molecule has 0 spiro atoms. The molecule has 0 aromatic carbocycles. The van der Waals surface area contributed by atoms with Gasteiger partial charge in [-0.15, -0.1) is 0 Å². The largest absolute Gasteiger partial charge is 0.352 e. The number of nitrogens with one attached hydrogen (secondary N) is 1. The topological polar surface area (TPSA) is 64.7 Å². The maximum Gasteiger partial charge on any atom is 0.241 e. The third-order valence-corrected chi connectivity index (χ3v) is 4.80. The molecular weight excluding hydrogens is 302 g/mol. The number of carbonyl (C=O) groups excluding carboxylic acids is 1. The highest BCUT2D eigenvalue weighted by Gasteiger charge is 2.24. The SMILES string of the molecule is O=C(Cn1cccn1)NC1CCC(n2ccc3cccnc32)CC1. The Morgan fingerprint density at radius 2 is 2.00 bits per heavy atom. The molecule has 0 aliphatic heterocycles. The molecule has 3 aromatic rings. The van der Waals surface area contributed by atoms with Crippen molar-refractivity contribution >= 4 is 16.9 Å². The lowest BCUT2D eigenvalue weighted by Gasteiger charge is -2.30. The number of hydrogen-bond acceptors (Lipinski definition) is 3. The second-order valence-corrected chi connectivity index (χ2v) is 6.42. The van der Waals surface area contributed by atoms with Crippen LogP contribution in [-0.4, -0.2) is 31.3 Å². The number of amides is 1. The third kappa shape index (κ3) is 3.04. The summed E-state index contributed by atoms with van der Waals surface area (Å²) >= 11 is 0. The lowest BCUT2D eigenvalue weighted by molar-refractivity contribution is -0.122. The summed E-state index contributed by atoms with van der Waals surface area (Å²) in [6, 6.07) is 8.75. The summed E-state index contributed by atoms with van der Waals surface area (Å²) in [6.07, 6.45) is 11.6. The van der Waals surface area contributed by atoms with Crippen LogP contribution in [0, 0.1) is 0 Å². The molecule has 0 bridgehead atoms. The quantitative estimate of drug-likeness (QED) is 0.802. The molecule has 6 nitrogen and oxygen atoms in total. The zero-order valence-electron chi connectivity index (χ0n) is 13.5. The third-order valence-electron chi connectivity index (χ3n) is 4.80. The Morgan fingerprint density at radius 3 is 2.79 bits per heavy atom. The molecule has 1 aliphatic rings. The second kappa shape index (κ2) is 6.47. The Bertz CT molecular complexity index is 815. The van der Waals surface area contributed by atoms with Crippen LogP contribution in [0.5, 0.6) is 0 Å². The summed E-state index contributed by atoms with van der Waals surface area (Å²) < 4.78 is 3.94. The van der Waals surface area contributed by atoms with E-state index >= 15 is 0 Å². The molecule has 1 aliphatic carbocycles. The van der Waals surface area contributed by atoms with Crippen LogP contribution in [0.15, 0.2) is 49.1 Å². The molecule has 6 heteroatoms. The van der Waals surface area contributed by atoms with E-state index in [1.807, 2.05) is 18.3 Å². The number of fused-ring (bicyclic) bond motifs is 1. The molecule has 124 valence electrons. The molecule has 1 N–H and O–H groups in total. The number of hydrogen-bond donors (Lipinski definition) is 1. The number of carbonyl (C=O) groups is 1. The monoisotopic (exact) mass is 323 g/mol. The van der Waals surface area contributed by atoms with Crippen molar-refractivity contribution < 1.29 is 4.79 Å². The van der Waals surface area contributed by atoms with E-state index in [0.29, 0.717) is 12.6 Å². The van der Waals surface area contributed by atoms with Gasteiger partial charge in [-0.1, -0.05) is 0 Å². The average molecular weight is 323 g/mol. The van der Waals surface area contributed by atoms with E-state index in [9.17, 15) is 4.79 Å². The molecule has 3 aromatic heterocycles. The maximum absolute atomic E-state index is 12.1. The summed E-state index contributed by atoms with van der Waals surface area (Å²) in [6.45, 7) is 0.291. The first-order valence-electron chi connectivity index (χ1n) is 8.48. The highest BCUT2D eigenvalue weighted by atomic mass is 16.2. The van der Waals surface area contributed by atoms with Gasteiger partial charge in [-0.05, 0) is 49.9 Å². The first-order valence-corrected chi connectivity index (χ1v) is 8.48. The highest BCUT2D eigenvalue weighted by molar-refractivity contribution is 5.76. The molecule has 1 saturated carbocycles. The molecule has 0 saturated heterocycles. The van der Waals surface area contributed by atoms with Crippen LogP contribution in [0.4, 0.5) is 0 Å². The molecule has 0 radical (unpaired) electrons. The molecular formula is C18H21N5O. The Labute approximate surface area is 140 Å². The van der Waals surface area contributed by atoms with Gasteiger partial charge in [0.1, 0.15) is 12.2 Å². The minimum atomic E-state index is 0.0373. The van der Waals surface area contributed by atoms with Gasteiger partial charge < -0.3 is 9.88 Å². The average Bonchev–Trinajstić information content (AvgIpc) is 3.25. The first kappa shape index (κ1) is 14.9. The summed E-state index contributed by atoms with van der Waals surface area (Å²) in [5.41, 5.74) is 1.06. The lowest BCUT2D eigenvalue weighted by atomic mass is 9.91. The van der Waals surface area contributed by atoms with Crippen LogP contribution >= 0.6 is 0 Å². The fourth-order valence-electron chi connectivity index (χ4n) is 3.59. The van der Waals surface area contributed by atoms with Crippen LogP contribution in [0.2, 0.25) is 0 Å². The molecule has 1 fully saturated rings. The summed E-state index contributed by atoms with van der Waals surface area (Å²) in [4.78, 5) is 16.6. The first-order chi connectivity index (χ1) is 11.8.